The number of rotatable bonds is 5. The lowest BCUT2D eigenvalue weighted by atomic mass is 10.0. The highest BCUT2D eigenvalue weighted by Crippen LogP contribution is 2.30. The highest BCUT2D eigenvalue weighted by Gasteiger charge is 2.17. The highest BCUT2D eigenvalue weighted by atomic mass is 32.2. The van der Waals surface area contributed by atoms with Gasteiger partial charge in [0.1, 0.15) is 0 Å². The topological polar surface area (TPSA) is 30.5 Å². The lowest BCUT2D eigenvalue weighted by Gasteiger charge is -2.27. The minimum absolute atomic E-state index is 0.341. The van der Waals surface area contributed by atoms with Crippen LogP contribution in [0.5, 0.6) is 11.5 Å². The van der Waals surface area contributed by atoms with Crippen LogP contribution < -0.4 is 14.8 Å². The van der Waals surface area contributed by atoms with Crippen LogP contribution in [0.3, 0.4) is 0 Å². The molecule has 0 spiro atoms. The molecule has 3 nitrogen and oxygen atoms in total. The maximum atomic E-state index is 5.36. The van der Waals surface area contributed by atoms with E-state index in [4.69, 9.17) is 9.47 Å². The summed E-state index contributed by atoms with van der Waals surface area (Å²) in [6.07, 6.45) is 2.53. The predicted octanol–water partition coefficient (Wildman–Crippen LogP) is 3.25. The SMILES string of the molecule is COc1ccc(C(C)NC2CCSCC2)cc1OC. The molecule has 0 saturated carbocycles. The number of nitrogens with one attached hydrogen (secondary N) is 1. The van der Waals surface area contributed by atoms with Gasteiger partial charge in [-0.05, 0) is 49.0 Å². The van der Waals surface area contributed by atoms with Gasteiger partial charge in [0.2, 0.25) is 0 Å². The molecule has 0 bridgehead atoms. The minimum atomic E-state index is 0.341. The van der Waals surface area contributed by atoms with Crippen molar-refractivity contribution in [1.82, 2.24) is 5.32 Å². The molecule has 1 saturated heterocycles. The number of methoxy groups -OCH3 is 2. The lowest BCUT2D eigenvalue weighted by Crippen LogP contribution is -2.34. The van der Waals surface area contributed by atoms with Gasteiger partial charge in [0.25, 0.3) is 0 Å². The van der Waals surface area contributed by atoms with Gasteiger partial charge >= 0.3 is 0 Å². The van der Waals surface area contributed by atoms with Crippen molar-refractivity contribution >= 4 is 11.8 Å². The maximum Gasteiger partial charge on any atom is 0.161 e. The second kappa shape index (κ2) is 7.06. The number of benzene rings is 1. The van der Waals surface area contributed by atoms with Crippen molar-refractivity contribution in [3.05, 3.63) is 23.8 Å². The van der Waals surface area contributed by atoms with Crippen molar-refractivity contribution < 1.29 is 9.47 Å². The molecule has 1 aliphatic heterocycles. The summed E-state index contributed by atoms with van der Waals surface area (Å²) < 4.78 is 10.6. The Morgan fingerprint density at radius 3 is 2.47 bits per heavy atom. The Labute approximate surface area is 120 Å². The molecule has 4 heteroatoms. The summed E-state index contributed by atoms with van der Waals surface area (Å²) in [5.41, 5.74) is 1.25. The van der Waals surface area contributed by atoms with Gasteiger partial charge in [-0.3, -0.25) is 0 Å². The fraction of sp³-hybridized carbons (Fsp3) is 0.600. The summed E-state index contributed by atoms with van der Waals surface area (Å²) in [4.78, 5) is 0. The van der Waals surface area contributed by atoms with E-state index < -0.39 is 0 Å². The number of hydrogen-bond donors (Lipinski definition) is 1. The molecule has 1 aromatic rings. The molecule has 1 heterocycles. The molecule has 1 atom stereocenters. The molecular weight excluding hydrogens is 258 g/mol. The van der Waals surface area contributed by atoms with Gasteiger partial charge in [-0.1, -0.05) is 6.07 Å². The minimum Gasteiger partial charge on any atom is -0.493 e. The summed E-state index contributed by atoms with van der Waals surface area (Å²) in [7, 11) is 3.34. The second-order valence-electron chi connectivity index (χ2n) is 4.89. The van der Waals surface area contributed by atoms with E-state index in [2.05, 4.69) is 36.1 Å². The Morgan fingerprint density at radius 1 is 1.16 bits per heavy atom. The van der Waals surface area contributed by atoms with E-state index >= 15 is 0 Å². The average Bonchev–Trinajstić information content (AvgIpc) is 2.47. The van der Waals surface area contributed by atoms with Crippen LogP contribution in [0.15, 0.2) is 18.2 Å². The Kier molecular flexibility index (Phi) is 5.40. The molecule has 19 heavy (non-hydrogen) atoms. The molecule has 0 radical (unpaired) electrons. The Balaban J connectivity index is 2.03. The molecule has 1 N–H and O–H groups in total. The zero-order chi connectivity index (χ0) is 13.7. The van der Waals surface area contributed by atoms with Crippen LogP contribution in [-0.4, -0.2) is 31.8 Å². The van der Waals surface area contributed by atoms with Gasteiger partial charge in [-0.2, -0.15) is 11.8 Å². The van der Waals surface area contributed by atoms with Gasteiger partial charge in [0, 0.05) is 12.1 Å². The normalized spacial score (nSPS) is 18.1. The van der Waals surface area contributed by atoms with Crippen LogP contribution >= 0.6 is 11.8 Å². The molecule has 1 aliphatic rings. The molecular formula is C15H23NO2S. The van der Waals surface area contributed by atoms with E-state index in [1.54, 1.807) is 14.2 Å². The molecule has 0 aliphatic carbocycles. The Hall–Kier alpha value is -0.870. The van der Waals surface area contributed by atoms with Gasteiger partial charge in [0.05, 0.1) is 14.2 Å². The van der Waals surface area contributed by atoms with E-state index in [9.17, 15) is 0 Å². The van der Waals surface area contributed by atoms with Crippen LogP contribution in [0.1, 0.15) is 31.4 Å². The first-order valence-corrected chi connectivity index (χ1v) is 7.95. The summed E-state index contributed by atoms with van der Waals surface area (Å²) in [6, 6.07) is 7.13. The molecule has 106 valence electrons. The van der Waals surface area contributed by atoms with Crippen LogP contribution in [0, 0.1) is 0 Å². The van der Waals surface area contributed by atoms with Gasteiger partial charge in [-0.15, -0.1) is 0 Å². The molecule has 1 unspecified atom stereocenters. The van der Waals surface area contributed by atoms with E-state index in [1.807, 2.05) is 6.07 Å². The number of ether oxygens (including phenoxy) is 2. The van der Waals surface area contributed by atoms with E-state index in [0.717, 1.165) is 11.5 Å². The number of thioether (sulfide) groups is 1. The molecule has 0 aromatic heterocycles. The van der Waals surface area contributed by atoms with Gasteiger partial charge in [-0.25, -0.2) is 0 Å². The highest BCUT2D eigenvalue weighted by molar-refractivity contribution is 7.99. The van der Waals surface area contributed by atoms with E-state index in [1.165, 1.54) is 29.9 Å². The lowest BCUT2D eigenvalue weighted by molar-refractivity contribution is 0.353. The maximum absolute atomic E-state index is 5.36. The number of hydrogen-bond acceptors (Lipinski definition) is 4. The molecule has 1 aromatic carbocycles. The first kappa shape index (κ1) is 14.5. The van der Waals surface area contributed by atoms with E-state index in [0.29, 0.717) is 12.1 Å². The third-order valence-corrected chi connectivity index (χ3v) is 4.66. The van der Waals surface area contributed by atoms with Crippen molar-refractivity contribution in [3.8, 4) is 11.5 Å². The van der Waals surface area contributed by atoms with Crippen LogP contribution in [0.25, 0.3) is 0 Å². The smallest absolute Gasteiger partial charge is 0.161 e. The van der Waals surface area contributed by atoms with Crippen molar-refractivity contribution in [2.24, 2.45) is 0 Å². The average molecular weight is 281 g/mol. The first-order chi connectivity index (χ1) is 9.24. The predicted molar refractivity (Wildman–Crippen MR) is 81.4 cm³/mol. The fourth-order valence-electron chi connectivity index (χ4n) is 2.44. The second-order valence-corrected chi connectivity index (χ2v) is 6.11. The largest absolute Gasteiger partial charge is 0.493 e. The van der Waals surface area contributed by atoms with Crippen molar-refractivity contribution in [1.29, 1.82) is 0 Å². The Bertz CT molecular complexity index is 405. The van der Waals surface area contributed by atoms with Gasteiger partial charge in [0.15, 0.2) is 11.5 Å². The monoisotopic (exact) mass is 281 g/mol. The summed E-state index contributed by atoms with van der Waals surface area (Å²) >= 11 is 2.06. The van der Waals surface area contributed by atoms with Crippen molar-refractivity contribution in [2.75, 3.05) is 25.7 Å². The zero-order valence-corrected chi connectivity index (χ0v) is 12.8. The molecule has 0 amide bonds. The summed E-state index contributed by atoms with van der Waals surface area (Å²) in [6.45, 7) is 2.21. The quantitative estimate of drug-likeness (QED) is 0.897. The van der Waals surface area contributed by atoms with Crippen LogP contribution in [0.2, 0.25) is 0 Å². The van der Waals surface area contributed by atoms with Crippen molar-refractivity contribution in [3.63, 3.8) is 0 Å². The Morgan fingerprint density at radius 2 is 1.84 bits per heavy atom. The third kappa shape index (κ3) is 3.80. The summed E-state index contributed by atoms with van der Waals surface area (Å²) in [5, 5.41) is 3.71. The fourth-order valence-corrected chi connectivity index (χ4v) is 3.54. The third-order valence-electron chi connectivity index (χ3n) is 3.61. The van der Waals surface area contributed by atoms with Crippen LogP contribution in [-0.2, 0) is 0 Å². The van der Waals surface area contributed by atoms with Crippen LogP contribution in [0.4, 0.5) is 0 Å². The zero-order valence-electron chi connectivity index (χ0n) is 11.9. The van der Waals surface area contributed by atoms with Crippen molar-refractivity contribution in [2.45, 2.75) is 31.8 Å². The van der Waals surface area contributed by atoms with Gasteiger partial charge < -0.3 is 14.8 Å². The molecule has 1 fully saturated rings. The standard InChI is InChI=1S/C15H23NO2S/c1-11(16-13-6-8-19-9-7-13)12-4-5-14(17-2)15(10-12)18-3/h4-5,10-11,13,16H,6-9H2,1-3H3. The van der Waals surface area contributed by atoms with E-state index in [-0.39, 0.29) is 0 Å². The first-order valence-electron chi connectivity index (χ1n) is 6.80. The molecule has 2 rings (SSSR count). The summed E-state index contributed by atoms with van der Waals surface area (Å²) in [5.74, 6) is 4.13.